The zero-order valence-corrected chi connectivity index (χ0v) is 10.9. The Balaban J connectivity index is 2.35. The number of nitro benzene ring substituents is 1. The van der Waals surface area contributed by atoms with Crippen molar-refractivity contribution >= 4 is 17.9 Å². The lowest BCUT2D eigenvalue weighted by Crippen LogP contribution is -1.92. The second-order valence-electron chi connectivity index (χ2n) is 4.21. The monoisotopic (exact) mass is 272 g/mol. The number of nitrogens with zero attached hydrogens (tertiary/aromatic N) is 4. The topological polar surface area (TPSA) is 102 Å². The molecular weight excluding hydrogens is 260 g/mol. The van der Waals surface area contributed by atoms with Crippen LogP contribution in [-0.2, 0) is 0 Å². The van der Waals surface area contributed by atoms with E-state index >= 15 is 0 Å². The molecule has 0 unspecified atom stereocenters. The van der Waals surface area contributed by atoms with Crippen LogP contribution in [0.25, 0.3) is 0 Å². The van der Waals surface area contributed by atoms with Gasteiger partial charge >= 0.3 is 0 Å². The van der Waals surface area contributed by atoms with Crippen LogP contribution in [0.4, 0.5) is 11.6 Å². The van der Waals surface area contributed by atoms with Gasteiger partial charge in [-0.1, -0.05) is 0 Å². The first-order chi connectivity index (χ1) is 9.45. The number of non-ortho nitro benzene ring substituents is 1. The van der Waals surface area contributed by atoms with E-state index in [0.717, 1.165) is 11.4 Å². The van der Waals surface area contributed by atoms with Gasteiger partial charge in [0.1, 0.15) is 5.75 Å². The van der Waals surface area contributed by atoms with Crippen molar-refractivity contribution < 1.29 is 10.0 Å². The third-order valence-electron chi connectivity index (χ3n) is 2.51. The highest BCUT2D eigenvalue weighted by Gasteiger charge is 2.08. The van der Waals surface area contributed by atoms with Gasteiger partial charge < -0.3 is 5.11 Å². The van der Waals surface area contributed by atoms with E-state index in [0.29, 0.717) is 0 Å². The molecule has 0 radical (unpaired) electrons. The lowest BCUT2D eigenvalue weighted by Gasteiger charge is -1.99. The summed E-state index contributed by atoms with van der Waals surface area (Å²) >= 11 is 0. The Morgan fingerprint density at radius 2 is 1.90 bits per heavy atom. The molecule has 1 aromatic carbocycles. The number of phenolic OH excluding ortho intramolecular Hbond substituents is 1. The molecule has 1 aromatic heterocycles. The van der Waals surface area contributed by atoms with Crippen LogP contribution in [0, 0.1) is 24.0 Å². The molecule has 0 saturated carbocycles. The molecular formula is C13H12N4O3. The molecule has 2 rings (SSSR count). The molecule has 7 heteroatoms. The lowest BCUT2D eigenvalue weighted by molar-refractivity contribution is -0.384. The Morgan fingerprint density at radius 1 is 1.25 bits per heavy atom. The second kappa shape index (κ2) is 5.43. The van der Waals surface area contributed by atoms with E-state index in [1.807, 2.05) is 19.9 Å². The van der Waals surface area contributed by atoms with Crippen LogP contribution in [0.3, 0.4) is 0 Å². The Labute approximate surface area is 114 Å². The zero-order chi connectivity index (χ0) is 14.7. The quantitative estimate of drug-likeness (QED) is 0.525. The first kappa shape index (κ1) is 13.6. The van der Waals surface area contributed by atoms with Crippen LogP contribution in [0.15, 0.2) is 29.3 Å². The number of aromatic nitrogens is 2. The van der Waals surface area contributed by atoms with Crippen LogP contribution in [0.1, 0.15) is 17.0 Å². The molecule has 1 heterocycles. The molecule has 0 fully saturated rings. The summed E-state index contributed by atoms with van der Waals surface area (Å²) in [5.74, 6) is 0.150. The van der Waals surface area contributed by atoms with E-state index in [1.54, 1.807) is 0 Å². The molecule has 102 valence electrons. The maximum Gasteiger partial charge on any atom is 0.270 e. The fourth-order valence-electron chi connectivity index (χ4n) is 1.65. The van der Waals surface area contributed by atoms with Gasteiger partial charge in [-0.05, 0) is 26.0 Å². The van der Waals surface area contributed by atoms with E-state index in [2.05, 4.69) is 15.0 Å². The fraction of sp³-hybridized carbons (Fsp3) is 0.154. The molecule has 0 amide bonds. The summed E-state index contributed by atoms with van der Waals surface area (Å²) < 4.78 is 0. The Hall–Kier alpha value is -2.83. The first-order valence-corrected chi connectivity index (χ1v) is 5.79. The molecule has 0 atom stereocenters. The van der Waals surface area contributed by atoms with Gasteiger partial charge in [-0.25, -0.2) is 15.0 Å². The Kier molecular flexibility index (Phi) is 3.69. The van der Waals surface area contributed by atoms with E-state index < -0.39 is 4.92 Å². The molecule has 0 saturated heterocycles. The maximum atomic E-state index is 10.7. The van der Waals surface area contributed by atoms with Gasteiger partial charge in [0.05, 0.1) is 4.92 Å². The number of benzene rings is 1. The fourth-order valence-corrected chi connectivity index (χ4v) is 1.65. The van der Waals surface area contributed by atoms with Crippen LogP contribution < -0.4 is 0 Å². The van der Waals surface area contributed by atoms with E-state index in [9.17, 15) is 15.2 Å². The highest BCUT2D eigenvalue weighted by molar-refractivity contribution is 5.85. The summed E-state index contributed by atoms with van der Waals surface area (Å²) in [4.78, 5) is 22.4. The average Bonchev–Trinajstić information content (AvgIpc) is 2.36. The first-order valence-electron chi connectivity index (χ1n) is 5.79. The number of hydrogen-bond donors (Lipinski definition) is 1. The lowest BCUT2D eigenvalue weighted by atomic mass is 10.2. The van der Waals surface area contributed by atoms with Gasteiger partial charge in [0, 0.05) is 35.3 Å². The van der Waals surface area contributed by atoms with Gasteiger partial charge in [-0.3, -0.25) is 10.1 Å². The maximum absolute atomic E-state index is 10.7. The predicted molar refractivity (Wildman–Crippen MR) is 73.5 cm³/mol. The summed E-state index contributed by atoms with van der Waals surface area (Å²) in [6, 6.07) is 5.52. The molecule has 2 aromatic rings. The van der Waals surface area contributed by atoms with Gasteiger partial charge in [-0.2, -0.15) is 0 Å². The third kappa shape index (κ3) is 3.14. The van der Waals surface area contributed by atoms with Gasteiger partial charge in [0.15, 0.2) is 0 Å². The molecule has 1 N–H and O–H groups in total. The molecule has 0 aliphatic heterocycles. The number of aryl methyl sites for hydroxylation is 2. The summed E-state index contributed by atoms with van der Waals surface area (Å²) in [5.41, 5.74) is 1.66. The minimum Gasteiger partial charge on any atom is -0.507 e. The smallest absolute Gasteiger partial charge is 0.270 e. The number of nitro groups is 1. The van der Waals surface area contributed by atoms with Crippen LogP contribution in [-0.4, -0.2) is 26.2 Å². The molecule has 0 bridgehead atoms. The van der Waals surface area contributed by atoms with Crippen molar-refractivity contribution in [2.75, 3.05) is 0 Å². The van der Waals surface area contributed by atoms with Crippen LogP contribution in [0.5, 0.6) is 5.75 Å². The van der Waals surface area contributed by atoms with Crippen molar-refractivity contribution in [3.8, 4) is 5.75 Å². The van der Waals surface area contributed by atoms with Gasteiger partial charge in [-0.15, -0.1) is 0 Å². The van der Waals surface area contributed by atoms with Crippen molar-refractivity contribution in [3.63, 3.8) is 0 Å². The molecule has 20 heavy (non-hydrogen) atoms. The summed E-state index contributed by atoms with van der Waals surface area (Å²) in [5, 5.41) is 20.3. The van der Waals surface area contributed by atoms with Gasteiger partial charge in [0.2, 0.25) is 5.95 Å². The third-order valence-corrected chi connectivity index (χ3v) is 2.51. The molecule has 0 aliphatic carbocycles. The standard InChI is InChI=1S/C13H12N4O3/c1-8-5-9(2)16-13(15-8)14-7-10-6-11(17(19)20)3-4-12(10)18/h3-7,18H,1-2H3/b14-7+. The van der Waals surface area contributed by atoms with E-state index in [1.165, 1.54) is 24.4 Å². The SMILES string of the molecule is Cc1cc(C)nc(/N=C/c2cc([N+](=O)[O-])ccc2O)n1. The number of aromatic hydroxyl groups is 1. The molecule has 7 nitrogen and oxygen atoms in total. The number of hydrogen-bond acceptors (Lipinski definition) is 6. The summed E-state index contributed by atoms with van der Waals surface area (Å²) in [6.07, 6.45) is 1.30. The van der Waals surface area contributed by atoms with Crippen molar-refractivity contribution in [2.45, 2.75) is 13.8 Å². The van der Waals surface area contributed by atoms with E-state index in [-0.39, 0.29) is 22.9 Å². The average molecular weight is 272 g/mol. The predicted octanol–water partition coefficient (Wildman–Crippen LogP) is 2.46. The molecule has 0 aliphatic rings. The minimum absolute atomic E-state index is 0.0938. The van der Waals surface area contributed by atoms with Crippen molar-refractivity contribution in [2.24, 2.45) is 4.99 Å². The number of aliphatic imine (C=N–C) groups is 1. The Bertz CT molecular complexity index is 678. The Morgan fingerprint density at radius 3 is 2.50 bits per heavy atom. The number of rotatable bonds is 3. The molecule has 0 spiro atoms. The largest absolute Gasteiger partial charge is 0.507 e. The van der Waals surface area contributed by atoms with E-state index in [4.69, 9.17) is 0 Å². The minimum atomic E-state index is -0.538. The van der Waals surface area contributed by atoms with Crippen molar-refractivity contribution in [1.29, 1.82) is 0 Å². The highest BCUT2D eigenvalue weighted by Crippen LogP contribution is 2.21. The normalized spacial score (nSPS) is 10.9. The van der Waals surface area contributed by atoms with Crippen molar-refractivity contribution in [1.82, 2.24) is 9.97 Å². The number of phenols is 1. The van der Waals surface area contributed by atoms with Crippen LogP contribution >= 0.6 is 0 Å². The van der Waals surface area contributed by atoms with Crippen molar-refractivity contribution in [3.05, 3.63) is 51.3 Å². The second-order valence-corrected chi connectivity index (χ2v) is 4.21. The van der Waals surface area contributed by atoms with Crippen LogP contribution in [0.2, 0.25) is 0 Å². The zero-order valence-electron chi connectivity index (χ0n) is 10.9. The van der Waals surface area contributed by atoms with Gasteiger partial charge in [0.25, 0.3) is 5.69 Å². The summed E-state index contributed by atoms with van der Waals surface area (Å²) in [7, 11) is 0. The summed E-state index contributed by atoms with van der Waals surface area (Å²) in [6.45, 7) is 3.64. The highest BCUT2D eigenvalue weighted by atomic mass is 16.6.